The van der Waals surface area contributed by atoms with Crippen LogP contribution in [-0.4, -0.2) is 16.0 Å². The lowest BCUT2D eigenvalue weighted by Gasteiger charge is -2.22. The van der Waals surface area contributed by atoms with Gasteiger partial charge in [-0.2, -0.15) is 0 Å². The Labute approximate surface area is 129 Å². The summed E-state index contributed by atoms with van der Waals surface area (Å²) in [5.74, 6) is -0.652. The Kier molecular flexibility index (Phi) is 3.36. The standard InChI is InChI=1S/C14H10N3O6/c1-7-2-3-9-11(4-7)23-12-6-8(16(19)20)5-10(17(21)22)13(12)14(18)15-9/h2-6,19H,1H3,(H,15,18)/q-1. The van der Waals surface area contributed by atoms with Crippen molar-refractivity contribution in [3.05, 3.63) is 56.8 Å². The minimum Gasteiger partial charge on any atom is -0.733 e. The Bertz CT molecular complexity index is 834. The van der Waals surface area contributed by atoms with Crippen LogP contribution in [0.25, 0.3) is 0 Å². The van der Waals surface area contributed by atoms with Gasteiger partial charge in [-0.15, -0.1) is 0 Å². The Morgan fingerprint density at radius 3 is 2.65 bits per heavy atom. The number of fused-ring (bicyclic) bond motifs is 2. The number of aryl methyl sites for hydroxylation is 1. The van der Waals surface area contributed by atoms with E-state index in [0.717, 1.165) is 17.7 Å². The van der Waals surface area contributed by atoms with Crippen LogP contribution in [-0.2, 0) is 0 Å². The van der Waals surface area contributed by atoms with Crippen LogP contribution in [0, 0.1) is 22.2 Å². The second-order valence-electron chi connectivity index (χ2n) is 4.92. The van der Waals surface area contributed by atoms with Crippen molar-refractivity contribution in [3.8, 4) is 11.5 Å². The fraction of sp³-hybridized carbons (Fsp3) is 0.0714. The zero-order valence-corrected chi connectivity index (χ0v) is 11.8. The summed E-state index contributed by atoms with van der Waals surface area (Å²) in [6.07, 6.45) is 0. The third-order valence-corrected chi connectivity index (χ3v) is 3.32. The molecule has 9 nitrogen and oxygen atoms in total. The Balaban J connectivity index is 2.25. The molecule has 3 rings (SSSR count). The van der Waals surface area contributed by atoms with Gasteiger partial charge in [0, 0.05) is 12.1 Å². The first-order valence-corrected chi connectivity index (χ1v) is 6.45. The van der Waals surface area contributed by atoms with E-state index in [1.54, 1.807) is 18.2 Å². The molecule has 2 aromatic rings. The van der Waals surface area contributed by atoms with E-state index in [4.69, 9.17) is 9.94 Å². The Morgan fingerprint density at radius 1 is 1.26 bits per heavy atom. The predicted octanol–water partition coefficient (Wildman–Crippen LogP) is 2.95. The molecule has 23 heavy (non-hydrogen) atoms. The van der Waals surface area contributed by atoms with Crippen LogP contribution in [0.2, 0.25) is 0 Å². The number of benzene rings is 2. The van der Waals surface area contributed by atoms with Crippen LogP contribution in [0.3, 0.4) is 0 Å². The number of carbonyl (C=O) groups is 1. The Hall–Kier alpha value is -3.17. The lowest BCUT2D eigenvalue weighted by Crippen LogP contribution is -2.14. The fourth-order valence-electron chi connectivity index (χ4n) is 2.27. The largest absolute Gasteiger partial charge is 0.733 e. The first kappa shape index (κ1) is 14.8. The molecule has 0 radical (unpaired) electrons. The molecule has 1 amide bonds. The molecule has 0 fully saturated rings. The average Bonchev–Trinajstić information content (AvgIpc) is 2.61. The number of hydrogen-bond acceptors (Lipinski definition) is 7. The summed E-state index contributed by atoms with van der Waals surface area (Å²) in [6, 6.07) is 6.85. The smallest absolute Gasteiger partial charge is 0.288 e. The minimum absolute atomic E-state index is 0.189. The molecule has 2 N–H and O–H groups in total. The number of hydrogen-bond donors (Lipinski definition) is 2. The molecule has 0 aromatic heterocycles. The first-order chi connectivity index (χ1) is 10.9. The predicted molar refractivity (Wildman–Crippen MR) is 79.9 cm³/mol. The highest BCUT2D eigenvalue weighted by atomic mass is 16.8. The number of ether oxygens (including phenoxy) is 1. The second-order valence-corrected chi connectivity index (χ2v) is 4.92. The van der Waals surface area contributed by atoms with Gasteiger partial charge in [-0.25, -0.2) is 0 Å². The van der Waals surface area contributed by atoms with E-state index < -0.39 is 27.4 Å². The maximum absolute atomic E-state index is 12.3. The number of amides is 1. The van der Waals surface area contributed by atoms with Crippen molar-refractivity contribution < 1.29 is 19.7 Å². The van der Waals surface area contributed by atoms with Gasteiger partial charge in [-0.1, -0.05) is 6.07 Å². The summed E-state index contributed by atoms with van der Waals surface area (Å²) >= 11 is 0. The van der Waals surface area contributed by atoms with Crippen molar-refractivity contribution in [3.63, 3.8) is 0 Å². The molecule has 1 aliphatic rings. The number of nitro groups is 1. The van der Waals surface area contributed by atoms with Crippen LogP contribution in [0.1, 0.15) is 15.9 Å². The van der Waals surface area contributed by atoms with Gasteiger partial charge < -0.3 is 20.5 Å². The maximum Gasteiger partial charge on any atom is 0.288 e. The third-order valence-electron chi connectivity index (χ3n) is 3.32. The molecule has 1 aliphatic heterocycles. The van der Waals surface area contributed by atoms with Gasteiger partial charge in [0.15, 0.2) is 11.3 Å². The summed E-state index contributed by atoms with van der Waals surface area (Å²) in [6.45, 7) is 1.81. The molecule has 0 atom stereocenters. The average molecular weight is 316 g/mol. The zero-order chi connectivity index (χ0) is 16.7. The van der Waals surface area contributed by atoms with Gasteiger partial charge in [-0.3, -0.25) is 20.1 Å². The lowest BCUT2D eigenvalue weighted by atomic mass is 10.1. The minimum atomic E-state index is -0.823. The number of rotatable bonds is 2. The fourth-order valence-corrected chi connectivity index (χ4v) is 2.27. The summed E-state index contributed by atoms with van der Waals surface area (Å²) in [5.41, 5.74) is -0.196. The molecule has 2 aromatic carbocycles. The van der Waals surface area contributed by atoms with Crippen LogP contribution in [0.15, 0.2) is 30.3 Å². The number of nitro benzene ring substituents is 1. The van der Waals surface area contributed by atoms with E-state index in [-0.39, 0.29) is 17.1 Å². The molecule has 0 saturated carbocycles. The van der Waals surface area contributed by atoms with E-state index >= 15 is 0 Å². The normalized spacial score (nSPS) is 12.4. The molecular weight excluding hydrogens is 306 g/mol. The molecule has 0 spiro atoms. The van der Waals surface area contributed by atoms with Crippen molar-refractivity contribution in [1.82, 2.24) is 0 Å². The SMILES string of the molecule is Cc1ccc2c(c1)Oc1cc(N([O-])O)cc([N+](=O)[O-])c1C(=O)N2. The van der Waals surface area contributed by atoms with Crippen LogP contribution < -0.4 is 15.3 Å². The van der Waals surface area contributed by atoms with E-state index in [2.05, 4.69) is 5.32 Å². The zero-order valence-electron chi connectivity index (χ0n) is 11.8. The molecule has 0 unspecified atom stereocenters. The molecule has 118 valence electrons. The van der Waals surface area contributed by atoms with Gasteiger partial charge in [-0.05, 0) is 24.6 Å². The Morgan fingerprint density at radius 2 is 2.00 bits per heavy atom. The molecule has 0 aliphatic carbocycles. The molecule has 0 bridgehead atoms. The molecule has 1 heterocycles. The van der Waals surface area contributed by atoms with Crippen LogP contribution in [0.4, 0.5) is 17.1 Å². The quantitative estimate of drug-likeness (QED) is 0.643. The number of anilines is 2. The number of nitrogens with zero attached hydrogens (tertiary/aromatic N) is 2. The highest BCUT2D eigenvalue weighted by Gasteiger charge is 2.30. The monoisotopic (exact) mass is 316 g/mol. The van der Waals surface area contributed by atoms with Crippen LogP contribution >= 0.6 is 0 Å². The lowest BCUT2D eigenvalue weighted by molar-refractivity contribution is -0.385. The van der Waals surface area contributed by atoms with Gasteiger partial charge in [0.1, 0.15) is 5.75 Å². The third kappa shape index (κ3) is 2.54. The van der Waals surface area contributed by atoms with Crippen molar-refractivity contribution in [1.29, 1.82) is 0 Å². The summed E-state index contributed by atoms with van der Waals surface area (Å²) < 4.78 is 5.57. The highest BCUT2D eigenvalue weighted by Crippen LogP contribution is 2.41. The van der Waals surface area contributed by atoms with Gasteiger partial charge >= 0.3 is 0 Å². The number of carbonyl (C=O) groups excluding carboxylic acids is 1. The van der Waals surface area contributed by atoms with Gasteiger partial charge in [0.05, 0.1) is 16.3 Å². The van der Waals surface area contributed by atoms with Crippen molar-refractivity contribution in [2.24, 2.45) is 0 Å². The van der Waals surface area contributed by atoms with E-state index in [9.17, 15) is 20.1 Å². The van der Waals surface area contributed by atoms with E-state index in [1.165, 1.54) is 0 Å². The van der Waals surface area contributed by atoms with Gasteiger partial charge in [0.25, 0.3) is 11.6 Å². The molecule has 9 heteroatoms. The molecule has 0 saturated heterocycles. The van der Waals surface area contributed by atoms with Crippen LogP contribution in [0.5, 0.6) is 11.5 Å². The summed E-state index contributed by atoms with van der Waals surface area (Å²) in [5, 5.41) is 33.3. The van der Waals surface area contributed by atoms with Crippen molar-refractivity contribution >= 4 is 23.0 Å². The first-order valence-electron chi connectivity index (χ1n) is 6.45. The second kappa shape index (κ2) is 5.23. The van der Waals surface area contributed by atoms with E-state index in [0.29, 0.717) is 5.69 Å². The number of nitrogens with one attached hydrogen (secondary N) is 1. The molecular formula is C14H10N3O6-. The highest BCUT2D eigenvalue weighted by molar-refractivity contribution is 6.11. The van der Waals surface area contributed by atoms with Crippen molar-refractivity contribution in [2.45, 2.75) is 6.92 Å². The van der Waals surface area contributed by atoms with E-state index in [1.807, 2.05) is 6.92 Å². The summed E-state index contributed by atoms with van der Waals surface area (Å²) in [4.78, 5) is 22.7. The topological polar surface area (TPSA) is 128 Å². The maximum atomic E-state index is 12.3. The van der Waals surface area contributed by atoms with Gasteiger partial charge in [0.2, 0.25) is 0 Å². The summed E-state index contributed by atoms with van der Waals surface area (Å²) in [7, 11) is 0. The van der Waals surface area contributed by atoms with Crippen molar-refractivity contribution in [2.75, 3.05) is 10.5 Å².